The molecule has 3 heterocycles. The SMILES string of the molecule is O=C1CC[C@@](CCC(=O)N2CCC[C@H](C(=O)c3ccccc3)C2)(Cc2ccc3c(c2)OCO3)N1. The maximum absolute atomic E-state index is 13.2. The Morgan fingerprint density at radius 1 is 1.09 bits per heavy atom. The Hall–Kier alpha value is -3.35. The highest BCUT2D eigenvalue weighted by Gasteiger charge is 2.39. The number of benzene rings is 2. The van der Waals surface area contributed by atoms with Gasteiger partial charge in [0.15, 0.2) is 17.3 Å². The maximum Gasteiger partial charge on any atom is 0.231 e. The minimum atomic E-state index is -0.449. The predicted octanol–water partition coefficient (Wildman–Crippen LogP) is 3.51. The molecule has 178 valence electrons. The molecule has 2 fully saturated rings. The van der Waals surface area contributed by atoms with Crippen LogP contribution < -0.4 is 14.8 Å². The molecule has 2 saturated heterocycles. The third kappa shape index (κ3) is 4.79. The van der Waals surface area contributed by atoms with Crippen molar-refractivity contribution in [3.63, 3.8) is 0 Å². The van der Waals surface area contributed by atoms with Crippen LogP contribution in [-0.4, -0.2) is 47.9 Å². The zero-order valence-electron chi connectivity index (χ0n) is 19.3. The molecule has 5 rings (SSSR count). The predicted molar refractivity (Wildman–Crippen MR) is 126 cm³/mol. The lowest BCUT2D eigenvalue weighted by molar-refractivity contribution is -0.133. The van der Waals surface area contributed by atoms with E-state index in [0.717, 1.165) is 29.9 Å². The Kier molecular flexibility index (Phi) is 6.26. The highest BCUT2D eigenvalue weighted by Crippen LogP contribution is 2.36. The molecule has 0 spiro atoms. The number of Topliss-reactive ketones (excluding diaryl/α,β-unsaturated/α-hetero) is 1. The number of hydrogen-bond donors (Lipinski definition) is 1. The smallest absolute Gasteiger partial charge is 0.231 e. The van der Waals surface area contributed by atoms with Gasteiger partial charge in [-0.15, -0.1) is 0 Å². The Bertz CT molecular complexity index is 1090. The quantitative estimate of drug-likeness (QED) is 0.637. The van der Waals surface area contributed by atoms with E-state index in [1.165, 1.54) is 0 Å². The monoisotopic (exact) mass is 462 g/mol. The number of fused-ring (bicyclic) bond motifs is 1. The van der Waals surface area contributed by atoms with Crippen LogP contribution in [0.2, 0.25) is 0 Å². The van der Waals surface area contributed by atoms with Crippen molar-refractivity contribution in [1.82, 2.24) is 10.2 Å². The Morgan fingerprint density at radius 3 is 2.71 bits per heavy atom. The Labute approximate surface area is 199 Å². The van der Waals surface area contributed by atoms with Crippen molar-refractivity contribution in [2.24, 2.45) is 5.92 Å². The summed E-state index contributed by atoms with van der Waals surface area (Å²) < 4.78 is 10.9. The van der Waals surface area contributed by atoms with E-state index in [0.29, 0.717) is 50.8 Å². The van der Waals surface area contributed by atoms with Gasteiger partial charge in [0.2, 0.25) is 18.6 Å². The molecule has 0 aromatic heterocycles. The van der Waals surface area contributed by atoms with E-state index in [-0.39, 0.29) is 30.3 Å². The first kappa shape index (κ1) is 22.4. The largest absolute Gasteiger partial charge is 0.454 e. The van der Waals surface area contributed by atoms with Crippen molar-refractivity contribution in [2.75, 3.05) is 19.9 Å². The summed E-state index contributed by atoms with van der Waals surface area (Å²) in [7, 11) is 0. The first-order chi connectivity index (χ1) is 16.5. The van der Waals surface area contributed by atoms with Crippen molar-refractivity contribution in [2.45, 2.75) is 50.5 Å². The lowest BCUT2D eigenvalue weighted by Gasteiger charge is -2.34. The second kappa shape index (κ2) is 9.49. The Balaban J connectivity index is 1.22. The number of carbonyl (C=O) groups excluding carboxylic acids is 3. The summed E-state index contributed by atoms with van der Waals surface area (Å²) in [6.07, 6.45) is 4.35. The zero-order valence-corrected chi connectivity index (χ0v) is 19.3. The van der Waals surface area contributed by atoms with Crippen LogP contribution in [-0.2, 0) is 16.0 Å². The molecule has 0 unspecified atom stereocenters. The van der Waals surface area contributed by atoms with Crippen molar-refractivity contribution >= 4 is 17.6 Å². The summed E-state index contributed by atoms with van der Waals surface area (Å²) in [6, 6.07) is 15.2. The number of nitrogens with one attached hydrogen (secondary N) is 1. The third-order valence-electron chi connectivity index (χ3n) is 7.24. The minimum absolute atomic E-state index is 0.0275. The molecule has 2 amide bonds. The molecule has 7 heteroatoms. The second-order valence-electron chi connectivity index (χ2n) is 9.60. The number of nitrogens with zero attached hydrogens (tertiary/aromatic N) is 1. The standard InChI is InChI=1S/C27H30N2O5/c30-24-10-12-27(28-24,16-19-8-9-22-23(15-19)34-18-33-22)13-11-25(31)29-14-4-7-21(17-29)26(32)20-5-2-1-3-6-20/h1-3,5-6,8-9,15,21H,4,7,10-14,16-18H2,(H,28,30)/t21-,27+/m0/s1. The van der Waals surface area contributed by atoms with Crippen molar-refractivity contribution in [3.05, 3.63) is 59.7 Å². The minimum Gasteiger partial charge on any atom is -0.454 e. The van der Waals surface area contributed by atoms with Gasteiger partial charge in [0.05, 0.1) is 0 Å². The molecule has 0 saturated carbocycles. The molecule has 2 aromatic rings. The fourth-order valence-electron chi connectivity index (χ4n) is 5.38. The van der Waals surface area contributed by atoms with Gasteiger partial charge >= 0.3 is 0 Å². The average molecular weight is 463 g/mol. The van der Waals surface area contributed by atoms with Crippen molar-refractivity contribution in [1.29, 1.82) is 0 Å². The maximum atomic E-state index is 13.2. The highest BCUT2D eigenvalue weighted by atomic mass is 16.7. The molecule has 34 heavy (non-hydrogen) atoms. The van der Waals surface area contributed by atoms with E-state index in [9.17, 15) is 14.4 Å². The van der Waals surface area contributed by atoms with Crippen LogP contribution in [0.4, 0.5) is 0 Å². The van der Waals surface area contributed by atoms with Crippen LogP contribution >= 0.6 is 0 Å². The average Bonchev–Trinajstić information content (AvgIpc) is 3.49. The van der Waals surface area contributed by atoms with Gasteiger partial charge in [0.25, 0.3) is 0 Å². The van der Waals surface area contributed by atoms with Gasteiger partial charge in [-0.25, -0.2) is 0 Å². The van der Waals surface area contributed by atoms with Crippen LogP contribution in [0.3, 0.4) is 0 Å². The number of ketones is 1. The summed E-state index contributed by atoms with van der Waals surface area (Å²) in [5, 5.41) is 3.15. The molecule has 0 radical (unpaired) electrons. The summed E-state index contributed by atoms with van der Waals surface area (Å²) in [4.78, 5) is 40.0. The number of hydrogen-bond acceptors (Lipinski definition) is 5. The van der Waals surface area contributed by atoms with E-state index in [1.54, 1.807) is 0 Å². The van der Waals surface area contributed by atoms with Gasteiger partial charge in [-0.3, -0.25) is 14.4 Å². The zero-order chi connectivity index (χ0) is 23.5. The first-order valence-corrected chi connectivity index (χ1v) is 12.1. The van der Waals surface area contributed by atoms with Gasteiger partial charge in [-0.1, -0.05) is 36.4 Å². The lowest BCUT2D eigenvalue weighted by atomic mass is 9.84. The molecule has 0 bridgehead atoms. The van der Waals surface area contributed by atoms with Crippen LogP contribution in [0.15, 0.2) is 48.5 Å². The van der Waals surface area contributed by atoms with E-state index in [4.69, 9.17) is 9.47 Å². The van der Waals surface area contributed by atoms with E-state index >= 15 is 0 Å². The Morgan fingerprint density at radius 2 is 1.91 bits per heavy atom. The number of carbonyl (C=O) groups is 3. The summed E-state index contributed by atoms with van der Waals surface area (Å²) in [5.74, 6) is 1.48. The molecule has 0 aliphatic carbocycles. The number of ether oxygens (including phenoxy) is 2. The normalized spacial score (nSPS) is 23.6. The number of amides is 2. The van der Waals surface area contributed by atoms with E-state index < -0.39 is 5.54 Å². The topological polar surface area (TPSA) is 84.9 Å². The van der Waals surface area contributed by atoms with Crippen molar-refractivity contribution < 1.29 is 23.9 Å². The van der Waals surface area contributed by atoms with Crippen molar-refractivity contribution in [3.8, 4) is 11.5 Å². The molecule has 3 aliphatic rings. The second-order valence-corrected chi connectivity index (χ2v) is 9.60. The van der Waals surface area contributed by atoms with E-state index in [2.05, 4.69) is 5.32 Å². The van der Waals surface area contributed by atoms with Gasteiger partial charge in [0.1, 0.15) is 0 Å². The molecular weight excluding hydrogens is 432 g/mol. The first-order valence-electron chi connectivity index (χ1n) is 12.1. The number of likely N-dealkylation sites (tertiary alicyclic amines) is 1. The van der Waals surface area contributed by atoms with Crippen LogP contribution in [0, 0.1) is 5.92 Å². The molecule has 1 N–H and O–H groups in total. The van der Waals surface area contributed by atoms with Crippen LogP contribution in [0.5, 0.6) is 11.5 Å². The fourth-order valence-corrected chi connectivity index (χ4v) is 5.38. The molecule has 7 nitrogen and oxygen atoms in total. The highest BCUT2D eigenvalue weighted by molar-refractivity contribution is 5.98. The van der Waals surface area contributed by atoms with Gasteiger partial charge in [-0.2, -0.15) is 0 Å². The van der Waals surface area contributed by atoms with E-state index in [1.807, 2.05) is 53.4 Å². The summed E-state index contributed by atoms with van der Waals surface area (Å²) >= 11 is 0. The number of piperidine rings is 1. The summed E-state index contributed by atoms with van der Waals surface area (Å²) in [6.45, 7) is 1.37. The number of rotatable bonds is 7. The third-order valence-corrected chi connectivity index (χ3v) is 7.24. The molecule has 2 aromatic carbocycles. The van der Waals surface area contributed by atoms with Crippen LogP contribution in [0.1, 0.15) is 54.4 Å². The molecular formula is C27H30N2O5. The molecule has 2 atom stereocenters. The lowest BCUT2D eigenvalue weighted by Crippen LogP contribution is -2.46. The molecule has 3 aliphatic heterocycles. The summed E-state index contributed by atoms with van der Waals surface area (Å²) in [5.41, 5.74) is 1.30. The van der Waals surface area contributed by atoms with Gasteiger partial charge < -0.3 is 19.7 Å². The van der Waals surface area contributed by atoms with Crippen LogP contribution in [0.25, 0.3) is 0 Å². The van der Waals surface area contributed by atoms with Gasteiger partial charge in [-0.05, 0) is 49.8 Å². The fraction of sp³-hybridized carbons (Fsp3) is 0.444. The van der Waals surface area contributed by atoms with Gasteiger partial charge in [0, 0.05) is 43.0 Å².